The number of nitrogens with zero attached hydrogens (tertiary/aromatic N) is 3. The number of amides is 2. The number of nitrogens with one attached hydrogen (secondary N) is 2. The number of aromatic nitrogens is 3. The lowest BCUT2D eigenvalue weighted by atomic mass is 10.0. The standard InChI is InChI=1S/C21H15F4N5O/c1-30-19-16(11-27-30)15(8-9-26-19)12-2-5-14(6-3-12)28-20(31)29-18-10-13(21(23,24)25)4-7-17(18)22/h2-11H,1H3,(H2,28,29,31). The van der Waals surface area contributed by atoms with E-state index in [1.165, 1.54) is 0 Å². The van der Waals surface area contributed by atoms with Crippen LogP contribution in [-0.2, 0) is 13.2 Å². The first-order valence-electron chi connectivity index (χ1n) is 9.04. The number of aryl methyl sites for hydroxylation is 1. The third kappa shape index (κ3) is 4.18. The molecule has 2 heterocycles. The molecule has 0 bridgehead atoms. The smallest absolute Gasteiger partial charge is 0.308 e. The number of rotatable bonds is 3. The van der Waals surface area contributed by atoms with E-state index in [1.54, 1.807) is 48.4 Å². The molecule has 0 fully saturated rings. The van der Waals surface area contributed by atoms with Gasteiger partial charge >= 0.3 is 12.2 Å². The van der Waals surface area contributed by atoms with E-state index in [2.05, 4.69) is 20.7 Å². The summed E-state index contributed by atoms with van der Waals surface area (Å²) in [4.78, 5) is 16.4. The molecular formula is C21H15F4N5O. The molecule has 2 aromatic carbocycles. The zero-order chi connectivity index (χ0) is 22.2. The minimum Gasteiger partial charge on any atom is -0.308 e. The van der Waals surface area contributed by atoms with Gasteiger partial charge in [-0.3, -0.25) is 4.68 Å². The highest BCUT2D eigenvalue weighted by Gasteiger charge is 2.31. The van der Waals surface area contributed by atoms with Crippen molar-refractivity contribution in [3.05, 3.63) is 72.3 Å². The molecule has 158 valence electrons. The molecule has 0 radical (unpaired) electrons. The second-order valence-corrected chi connectivity index (χ2v) is 6.71. The van der Waals surface area contributed by atoms with Crippen LogP contribution in [0.5, 0.6) is 0 Å². The van der Waals surface area contributed by atoms with Crippen molar-refractivity contribution >= 4 is 28.4 Å². The summed E-state index contributed by atoms with van der Waals surface area (Å²) in [5.41, 5.74) is 1.23. The molecule has 0 saturated heterocycles. The lowest BCUT2D eigenvalue weighted by Gasteiger charge is -2.12. The van der Waals surface area contributed by atoms with Crippen molar-refractivity contribution < 1.29 is 22.4 Å². The summed E-state index contributed by atoms with van der Waals surface area (Å²) in [6, 6.07) is 9.56. The number of alkyl halides is 3. The van der Waals surface area contributed by atoms with Crippen LogP contribution in [0.1, 0.15) is 5.56 Å². The summed E-state index contributed by atoms with van der Waals surface area (Å²) < 4.78 is 53.9. The van der Waals surface area contributed by atoms with Crippen LogP contribution in [0.25, 0.3) is 22.2 Å². The first-order chi connectivity index (χ1) is 14.7. The summed E-state index contributed by atoms with van der Waals surface area (Å²) in [5, 5.41) is 9.63. The van der Waals surface area contributed by atoms with Gasteiger partial charge in [0, 0.05) is 24.3 Å². The summed E-state index contributed by atoms with van der Waals surface area (Å²) in [6.07, 6.45) is -1.27. The SMILES string of the molecule is Cn1ncc2c(-c3ccc(NC(=O)Nc4cc(C(F)(F)F)ccc4F)cc3)ccnc21. The summed E-state index contributed by atoms with van der Waals surface area (Å²) in [6.45, 7) is 0. The number of carbonyl (C=O) groups is 1. The molecule has 0 spiro atoms. The predicted octanol–water partition coefficient (Wildman–Crippen LogP) is 5.44. The van der Waals surface area contributed by atoms with E-state index >= 15 is 0 Å². The third-order valence-electron chi connectivity index (χ3n) is 4.63. The van der Waals surface area contributed by atoms with Crippen LogP contribution in [0.15, 0.2) is 60.9 Å². The molecular weight excluding hydrogens is 414 g/mol. The number of hydrogen-bond acceptors (Lipinski definition) is 3. The van der Waals surface area contributed by atoms with Crippen LogP contribution in [0, 0.1) is 5.82 Å². The number of halogens is 4. The highest BCUT2D eigenvalue weighted by atomic mass is 19.4. The largest absolute Gasteiger partial charge is 0.416 e. The molecule has 0 atom stereocenters. The van der Waals surface area contributed by atoms with Gasteiger partial charge in [0.25, 0.3) is 0 Å². The Morgan fingerprint density at radius 2 is 1.77 bits per heavy atom. The first kappa shape index (κ1) is 20.3. The zero-order valence-electron chi connectivity index (χ0n) is 16.0. The molecule has 0 unspecified atom stereocenters. The molecule has 0 saturated carbocycles. The van der Waals surface area contributed by atoms with Crippen molar-refractivity contribution in [3.8, 4) is 11.1 Å². The van der Waals surface area contributed by atoms with Gasteiger partial charge in [-0.05, 0) is 47.5 Å². The van der Waals surface area contributed by atoms with E-state index in [0.29, 0.717) is 23.9 Å². The normalized spacial score (nSPS) is 11.5. The maximum atomic E-state index is 13.8. The zero-order valence-corrected chi connectivity index (χ0v) is 16.0. The Kier molecular flexibility index (Phi) is 5.05. The average molecular weight is 429 g/mol. The van der Waals surface area contributed by atoms with E-state index in [0.717, 1.165) is 22.2 Å². The second kappa shape index (κ2) is 7.71. The Morgan fingerprint density at radius 1 is 1.03 bits per heavy atom. The Hall–Kier alpha value is -3.95. The van der Waals surface area contributed by atoms with Gasteiger partial charge < -0.3 is 10.6 Å². The molecule has 6 nitrogen and oxygen atoms in total. The fraction of sp³-hybridized carbons (Fsp3) is 0.0952. The molecule has 2 N–H and O–H groups in total. The van der Waals surface area contributed by atoms with Crippen LogP contribution in [0.3, 0.4) is 0 Å². The summed E-state index contributed by atoms with van der Waals surface area (Å²) in [7, 11) is 1.79. The Morgan fingerprint density at radius 3 is 2.48 bits per heavy atom. The van der Waals surface area contributed by atoms with Crippen molar-refractivity contribution in [1.29, 1.82) is 0 Å². The molecule has 2 aromatic heterocycles. The van der Waals surface area contributed by atoms with Gasteiger partial charge in [-0.25, -0.2) is 14.2 Å². The Bertz CT molecular complexity index is 1270. The van der Waals surface area contributed by atoms with Gasteiger partial charge in [-0.15, -0.1) is 0 Å². The minimum atomic E-state index is -4.65. The number of anilines is 2. The third-order valence-corrected chi connectivity index (χ3v) is 4.63. The lowest BCUT2D eigenvalue weighted by Crippen LogP contribution is -2.20. The van der Waals surface area contributed by atoms with Crippen LogP contribution in [0.4, 0.5) is 33.7 Å². The van der Waals surface area contributed by atoms with Gasteiger partial charge in [0.15, 0.2) is 5.65 Å². The van der Waals surface area contributed by atoms with Gasteiger partial charge in [0.05, 0.1) is 17.4 Å². The Labute approximate surface area is 173 Å². The van der Waals surface area contributed by atoms with Gasteiger partial charge in [-0.1, -0.05) is 12.1 Å². The number of benzene rings is 2. The van der Waals surface area contributed by atoms with Crippen molar-refractivity contribution in [2.24, 2.45) is 7.05 Å². The van der Waals surface area contributed by atoms with Crippen molar-refractivity contribution in [2.45, 2.75) is 6.18 Å². The van der Waals surface area contributed by atoms with E-state index < -0.39 is 29.3 Å². The average Bonchev–Trinajstić information content (AvgIpc) is 3.10. The molecule has 4 aromatic rings. The van der Waals surface area contributed by atoms with Crippen LogP contribution >= 0.6 is 0 Å². The van der Waals surface area contributed by atoms with Gasteiger partial charge in [0.1, 0.15) is 5.82 Å². The molecule has 31 heavy (non-hydrogen) atoms. The molecule has 10 heteroatoms. The number of urea groups is 1. The van der Waals surface area contributed by atoms with E-state index in [9.17, 15) is 22.4 Å². The molecule has 0 aliphatic rings. The van der Waals surface area contributed by atoms with Crippen LogP contribution < -0.4 is 10.6 Å². The van der Waals surface area contributed by atoms with Crippen molar-refractivity contribution in [2.75, 3.05) is 10.6 Å². The summed E-state index contributed by atoms with van der Waals surface area (Å²) in [5.74, 6) is -0.975. The quantitative estimate of drug-likeness (QED) is 0.426. The van der Waals surface area contributed by atoms with Crippen LogP contribution in [0.2, 0.25) is 0 Å². The Balaban J connectivity index is 1.50. The van der Waals surface area contributed by atoms with E-state index in [4.69, 9.17) is 0 Å². The van der Waals surface area contributed by atoms with E-state index in [1.807, 2.05) is 6.07 Å². The van der Waals surface area contributed by atoms with Crippen molar-refractivity contribution in [1.82, 2.24) is 14.8 Å². The maximum absolute atomic E-state index is 13.8. The molecule has 0 aliphatic carbocycles. The monoisotopic (exact) mass is 429 g/mol. The summed E-state index contributed by atoms with van der Waals surface area (Å²) >= 11 is 0. The number of fused-ring (bicyclic) bond motifs is 1. The highest BCUT2D eigenvalue weighted by Crippen LogP contribution is 2.32. The number of carbonyl (C=O) groups excluding carboxylic acids is 1. The topological polar surface area (TPSA) is 71.8 Å². The molecule has 4 rings (SSSR count). The fourth-order valence-corrected chi connectivity index (χ4v) is 3.11. The van der Waals surface area contributed by atoms with Crippen molar-refractivity contribution in [3.63, 3.8) is 0 Å². The maximum Gasteiger partial charge on any atom is 0.416 e. The first-order valence-corrected chi connectivity index (χ1v) is 9.04. The minimum absolute atomic E-state index is 0.380. The molecule has 2 amide bonds. The highest BCUT2D eigenvalue weighted by molar-refractivity contribution is 6.00. The van der Waals surface area contributed by atoms with Gasteiger partial charge in [-0.2, -0.15) is 18.3 Å². The van der Waals surface area contributed by atoms with Gasteiger partial charge in [0.2, 0.25) is 0 Å². The predicted molar refractivity (Wildman–Crippen MR) is 108 cm³/mol. The second-order valence-electron chi connectivity index (χ2n) is 6.71. The number of pyridine rings is 1. The molecule has 0 aliphatic heterocycles. The van der Waals surface area contributed by atoms with E-state index in [-0.39, 0.29) is 0 Å². The fourth-order valence-electron chi connectivity index (χ4n) is 3.11. The number of hydrogen-bond donors (Lipinski definition) is 2. The van der Waals surface area contributed by atoms with Crippen LogP contribution in [-0.4, -0.2) is 20.8 Å². The lowest BCUT2D eigenvalue weighted by molar-refractivity contribution is -0.137.